The van der Waals surface area contributed by atoms with Crippen molar-refractivity contribution in [1.82, 2.24) is 10.6 Å². The van der Waals surface area contributed by atoms with E-state index in [0.29, 0.717) is 6.54 Å². The molecular formula is C13H18N4O4. The van der Waals surface area contributed by atoms with Crippen molar-refractivity contribution in [3.8, 4) is 0 Å². The lowest BCUT2D eigenvalue weighted by molar-refractivity contribution is -0.384. The van der Waals surface area contributed by atoms with Gasteiger partial charge in [-0.1, -0.05) is 0 Å². The molecule has 8 nitrogen and oxygen atoms in total. The van der Waals surface area contributed by atoms with Gasteiger partial charge >= 0.3 is 0 Å². The van der Waals surface area contributed by atoms with Crippen LogP contribution >= 0.6 is 0 Å². The summed E-state index contributed by atoms with van der Waals surface area (Å²) in [6.45, 7) is 3.80. The van der Waals surface area contributed by atoms with Crippen molar-refractivity contribution in [2.75, 3.05) is 18.9 Å². The van der Waals surface area contributed by atoms with Gasteiger partial charge < -0.3 is 16.0 Å². The predicted octanol–water partition coefficient (Wildman–Crippen LogP) is 0.891. The first-order valence-corrected chi connectivity index (χ1v) is 6.45. The van der Waals surface area contributed by atoms with E-state index in [1.54, 1.807) is 13.8 Å². The minimum Gasteiger partial charge on any atom is -0.368 e. The molecule has 2 amide bonds. The Morgan fingerprint density at radius 3 is 2.57 bits per heavy atom. The molecule has 1 aromatic rings. The van der Waals surface area contributed by atoms with Crippen LogP contribution in [0.5, 0.6) is 0 Å². The molecule has 0 fully saturated rings. The van der Waals surface area contributed by atoms with Crippen molar-refractivity contribution < 1.29 is 14.5 Å². The van der Waals surface area contributed by atoms with Gasteiger partial charge in [-0.05, 0) is 26.0 Å². The zero-order valence-electron chi connectivity index (χ0n) is 12.1. The normalized spacial score (nSPS) is 11.4. The van der Waals surface area contributed by atoms with Gasteiger partial charge in [0, 0.05) is 25.2 Å². The molecule has 0 aromatic heterocycles. The minimum atomic E-state index is -0.668. The third-order valence-corrected chi connectivity index (χ3v) is 2.80. The maximum atomic E-state index is 11.8. The van der Waals surface area contributed by atoms with Crippen LogP contribution in [0.15, 0.2) is 18.2 Å². The van der Waals surface area contributed by atoms with Crippen LogP contribution in [0.3, 0.4) is 0 Å². The topological polar surface area (TPSA) is 113 Å². The molecule has 114 valence electrons. The highest BCUT2D eigenvalue weighted by Gasteiger charge is 2.20. The fourth-order valence-corrected chi connectivity index (χ4v) is 1.73. The number of nitrogens with zero attached hydrogens (tertiary/aromatic N) is 1. The minimum absolute atomic E-state index is 0.125. The van der Waals surface area contributed by atoms with Gasteiger partial charge in [-0.15, -0.1) is 0 Å². The Morgan fingerprint density at radius 1 is 1.38 bits per heavy atom. The fraction of sp³-hybridized carbons (Fsp3) is 0.385. The second-order valence-electron chi connectivity index (χ2n) is 4.33. The monoisotopic (exact) mass is 294 g/mol. The molecular weight excluding hydrogens is 276 g/mol. The fourth-order valence-electron chi connectivity index (χ4n) is 1.73. The molecule has 21 heavy (non-hydrogen) atoms. The van der Waals surface area contributed by atoms with Gasteiger partial charge in [-0.25, -0.2) is 0 Å². The molecule has 0 radical (unpaired) electrons. The summed E-state index contributed by atoms with van der Waals surface area (Å²) in [5.41, 5.74) is 0.215. The second-order valence-corrected chi connectivity index (χ2v) is 4.33. The highest BCUT2D eigenvalue weighted by atomic mass is 16.6. The largest absolute Gasteiger partial charge is 0.368 e. The van der Waals surface area contributed by atoms with E-state index in [1.807, 2.05) is 0 Å². The SMILES string of the molecule is CCNC(=O)c1ccc([N+](=O)[O-])c(NC(C)C(=O)NC)c1. The first kappa shape index (κ1) is 16.4. The molecule has 0 aliphatic carbocycles. The Balaban J connectivity index is 3.12. The zero-order chi connectivity index (χ0) is 16.0. The van der Waals surface area contributed by atoms with Gasteiger partial charge in [0.1, 0.15) is 11.7 Å². The van der Waals surface area contributed by atoms with E-state index in [-0.39, 0.29) is 28.8 Å². The van der Waals surface area contributed by atoms with Crippen molar-refractivity contribution in [1.29, 1.82) is 0 Å². The Hall–Kier alpha value is -2.64. The number of nitro groups is 1. The number of carbonyl (C=O) groups is 2. The van der Waals surface area contributed by atoms with E-state index in [2.05, 4.69) is 16.0 Å². The first-order chi connectivity index (χ1) is 9.90. The first-order valence-electron chi connectivity index (χ1n) is 6.45. The zero-order valence-corrected chi connectivity index (χ0v) is 12.1. The lowest BCUT2D eigenvalue weighted by Crippen LogP contribution is -2.35. The number of hydrogen-bond donors (Lipinski definition) is 3. The van der Waals surface area contributed by atoms with Gasteiger partial charge in [-0.2, -0.15) is 0 Å². The Bertz CT molecular complexity index is 559. The number of likely N-dealkylation sites (N-methyl/N-ethyl adjacent to an activating group) is 1. The molecule has 0 aliphatic rings. The second kappa shape index (κ2) is 7.22. The number of benzene rings is 1. The molecule has 1 aromatic carbocycles. The number of rotatable bonds is 6. The summed E-state index contributed by atoms with van der Waals surface area (Å²) in [6, 6.07) is 3.31. The molecule has 3 N–H and O–H groups in total. The van der Waals surface area contributed by atoms with E-state index in [0.717, 1.165) is 0 Å². The number of amides is 2. The van der Waals surface area contributed by atoms with Gasteiger partial charge in [0.25, 0.3) is 11.6 Å². The number of anilines is 1. The molecule has 1 unspecified atom stereocenters. The van der Waals surface area contributed by atoms with Gasteiger partial charge in [-0.3, -0.25) is 19.7 Å². The lowest BCUT2D eigenvalue weighted by Gasteiger charge is -2.14. The molecule has 0 aliphatic heterocycles. The summed E-state index contributed by atoms with van der Waals surface area (Å²) in [4.78, 5) is 33.7. The number of nitrogens with one attached hydrogen (secondary N) is 3. The molecule has 0 spiro atoms. The van der Waals surface area contributed by atoms with Crippen molar-refractivity contribution in [2.45, 2.75) is 19.9 Å². The van der Waals surface area contributed by atoms with Crippen molar-refractivity contribution >= 4 is 23.2 Å². The van der Waals surface area contributed by atoms with Crippen LogP contribution in [0, 0.1) is 10.1 Å². The predicted molar refractivity (Wildman–Crippen MR) is 78.3 cm³/mol. The number of nitro benzene ring substituents is 1. The maximum absolute atomic E-state index is 11.8. The van der Waals surface area contributed by atoms with E-state index in [9.17, 15) is 19.7 Å². The van der Waals surface area contributed by atoms with Crippen LogP contribution in [-0.4, -0.2) is 36.4 Å². The molecule has 0 heterocycles. The highest BCUT2D eigenvalue weighted by molar-refractivity contribution is 5.96. The Labute approximate surface area is 122 Å². The molecule has 8 heteroatoms. The van der Waals surface area contributed by atoms with Crippen LogP contribution in [0.25, 0.3) is 0 Å². The number of carbonyl (C=O) groups excluding carboxylic acids is 2. The van der Waals surface area contributed by atoms with E-state index >= 15 is 0 Å². The summed E-state index contributed by atoms with van der Waals surface area (Å²) in [5.74, 6) is -0.643. The quantitative estimate of drug-likeness (QED) is 0.532. The van der Waals surface area contributed by atoms with Gasteiger partial charge in [0.15, 0.2) is 0 Å². The summed E-state index contributed by atoms with van der Waals surface area (Å²) >= 11 is 0. The number of hydrogen-bond acceptors (Lipinski definition) is 5. The van der Waals surface area contributed by atoms with E-state index in [4.69, 9.17) is 0 Å². The average Bonchev–Trinajstić information content (AvgIpc) is 2.46. The Kier molecular flexibility index (Phi) is 5.65. The standard InChI is InChI=1S/C13H18N4O4/c1-4-15-13(19)9-5-6-11(17(20)21)10(7-9)16-8(2)12(18)14-3/h5-8,16H,4H2,1-3H3,(H,14,18)(H,15,19). The lowest BCUT2D eigenvalue weighted by atomic mass is 10.1. The summed E-state index contributed by atoms with van der Waals surface area (Å²) in [6.07, 6.45) is 0. The van der Waals surface area contributed by atoms with Crippen LogP contribution in [0.1, 0.15) is 24.2 Å². The van der Waals surface area contributed by atoms with E-state index in [1.165, 1.54) is 25.2 Å². The summed E-state index contributed by atoms with van der Waals surface area (Å²) in [7, 11) is 1.47. The van der Waals surface area contributed by atoms with Crippen molar-refractivity contribution in [3.63, 3.8) is 0 Å². The third kappa shape index (κ3) is 4.16. The van der Waals surface area contributed by atoms with Crippen molar-refractivity contribution in [2.24, 2.45) is 0 Å². The molecule has 1 rings (SSSR count). The average molecular weight is 294 g/mol. The van der Waals surface area contributed by atoms with Crippen LogP contribution < -0.4 is 16.0 Å². The smallest absolute Gasteiger partial charge is 0.292 e. The molecule has 0 bridgehead atoms. The maximum Gasteiger partial charge on any atom is 0.292 e. The summed E-state index contributed by atoms with van der Waals surface area (Å²) in [5, 5.41) is 18.8. The van der Waals surface area contributed by atoms with Gasteiger partial charge in [0.05, 0.1) is 4.92 Å². The molecule has 0 saturated heterocycles. The van der Waals surface area contributed by atoms with E-state index < -0.39 is 11.0 Å². The van der Waals surface area contributed by atoms with Crippen LogP contribution in [0.4, 0.5) is 11.4 Å². The van der Waals surface area contributed by atoms with Crippen LogP contribution in [0.2, 0.25) is 0 Å². The van der Waals surface area contributed by atoms with Gasteiger partial charge in [0.2, 0.25) is 5.91 Å². The Morgan fingerprint density at radius 2 is 2.05 bits per heavy atom. The molecule has 0 saturated carbocycles. The molecule has 1 atom stereocenters. The third-order valence-electron chi connectivity index (χ3n) is 2.80. The highest BCUT2D eigenvalue weighted by Crippen LogP contribution is 2.26. The van der Waals surface area contributed by atoms with Crippen molar-refractivity contribution in [3.05, 3.63) is 33.9 Å². The van der Waals surface area contributed by atoms with Crippen LogP contribution in [-0.2, 0) is 4.79 Å². The summed E-state index contributed by atoms with van der Waals surface area (Å²) < 4.78 is 0.